The first-order valence-corrected chi connectivity index (χ1v) is 8.94. The molecule has 3 rings (SSSR count). The molecule has 0 bridgehead atoms. The van der Waals surface area contributed by atoms with Gasteiger partial charge in [-0.15, -0.1) is 0 Å². The number of benzene rings is 2. The summed E-state index contributed by atoms with van der Waals surface area (Å²) in [6.07, 6.45) is 0. The van der Waals surface area contributed by atoms with Gasteiger partial charge in [0.15, 0.2) is 0 Å². The molecule has 0 unspecified atom stereocenters. The Balaban J connectivity index is 1.74. The van der Waals surface area contributed by atoms with Crippen molar-refractivity contribution in [2.75, 3.05) is 11.9 Å². The summed E-state index contributed by atoms with van der Waals surface area (Å²) in [7, 11) is 1.73. The predicted octanol–water partition coefficient (Wildman–Crippen LogP) is 2.51. The average Bonchev–Trinajstić information content (AvgIpc) is 2.90. The Hall–Kier alpha value is -3.32. The lowest BCUT2D eigenvalue weighted by atomic mass is 10.2. The molecule has 0 aliphatic heterocycles. The molecule has 28 heavy (non-hydrogen) atoms. The summed E-state index contributed by atoms with van der Waals surface area (Å²) in [6, 6.07) is 15.7. The highest BCUT2D eigenvalue weighted by atomic mass is 35.5. The SMILES string of the molecule is Cc1c(NC(=O)CNC(=O)c2ccccc2Cl)c(=O)n(-c2ccccc2)n1C. The minimum atomic E-state index is -0.508. The van der Waals surface area contributed by atoms with Crippen molar-refractivity contribution >= 4 is 29.1 Å². The molecule has 0 radical (unpaired) electrons. The number of halogens is 1. The van der Waals surface area contributed by atoms with E-state index in [9.17, 15) is 14.4 Å². The van der Waals surface area contributed by atoms with Gasteiger partial charge in [-0.05, 0) is 31.2 Å². The predicted molar refractivity (Wildman–Crippen MR) is 108 cm³/mol. The summed E-state index contributed by atoms with van der Waals surface area (Å²) in [4.78, 5) is 37.2. The third kappa shape index (κ3) is 3.84. The van der Waals surface area contributed by atoms with Gasteiger partial charge >= 0.3 is 0 Å². The van der Waals surface area contributed by atoms with E-state index in [4.69, 9.17) is 11.6 Å². The Morgan fingerprint density at radius 2 is 1.68 bits per heavy atom. The molecule has 2 amide bonds. The summed E-state index contributed by atoms with van der Waals surface area (Å²) < 4.78 is 3.13. The lowest BCUT2D eigenvalue weighted by Crippen LogP contribution is -2.34. The number of aromatic nitrogens is 2. The summed E-state index contributed by atoms with van der Waals surface area (Å²) >= 11 is 5.98. The van der Waals surface area contributed by atoms with Crippen molar-refractivity contribution in [3.05, 3.63) is 81.2 Å². The van der Waals surface area contributed by atoms with Crippen LogP contribution in [0.25, 0.3) is 5.69 Å². The van der Waals surface area contributed by atoms with Crippen LogP contribution in [0.1, 0.15) is 16.1 Å². The van der Waals surface area contributed by atoms with Crippen LogP contribution in [-0.4, -0.2) is 27.7 Å². The van der Waals surface area contributed by atoms with Crippen molar-refractivity contribution in [3.8, 4) is 5.69 Å². The van der Waals surface area contributed by atoms with Gasteiger partial charge in [-0.1, -0.05) is 41.9 Å². The second kappa shape index (κ2) is 8.14. The van der Waals surface area contributed by atoms with E-state index in [0.717, 1.165) is 0 Å². The number of hydrogen-bond acceptors (Lipinski definition) is 3. The Labute approximate surface area is 166 Å². The summed E-state index contributed by atoms with van der Waals surface area (Å²) in [5.41, 5.74) is 1.38. The van der Waals surface area contributed by atoms with Crippen molar-refractivity contribution in [3.63, 3.8) is 0 Å². The third-order valence-electron chi connectivity index (χ3n) is 4.35. The van der Waals surface area contributed by atoms with Crippen LogP contribution < -0.4 is 16.2 Å². The topological polar surface area (TPSA) is 85.1 Å². The number of carbonyl (C=O) groups excluding carboxylic acids is 2. The number of hydrogen-bond donors (Lipinski definition) is 2. The van der Waals surface area contributed by atoms with E-state index in [1.165, 1.54) is 4.68 Å². The van der Waals surface area contributed by atoms with Gasteiger partial charge in [0.05, 0.1) is 28.5 Å². The second-order valence-electron chi connectivity index (χ2n) is 6.15. The van der Waals surface area contributed by atoms with Crippen molar-refractivity contribution in [1.82, 2.24) is 14.7 Å². The number of anilines is 1. The second-order valence-corrected chi connectivity index (χ2v) is 6.55. The fourth-order valence-electron chi connectivity index (χ4n) is 2.80. The van der Waals surface area contributed by atoms with E-state index in [1.807, 2.05) is 18.2 Å². The van der Waals surface area contributed by atoms with Gasteiger partial charge in [-0.2, -0.15) is 0 Å². The van der Waals surface area contributed by atoms with Gasteiger partial charge < -0.3 is 10.6 Å². The van der Waals surface area contributed by atoms with Gasteiger partial charge in [-0.3, -0.25) is 19.1 Å². The molecule has 144 valence electrons. The maximum Gasteiger partial charge on any atom is 0.295 e. The average molecular weight is 399 g/mol. The van der Waals surface area contributed by atoms with Gasteiger partial charge in [0.25, 0.3) is 11.5 Å². The van der Waals surface area contributed by atoms with Gasteiger partial charge in [-0.25, -0.2) is 4.68 Å². The number of carbonyl (C=O) groups is 2. The number of amides is 2. The first-order valence-electron chi connectivity index (χ1n) is 8.56. The molecular formula is C20H19ClN4O3. The molecule has 2 N–H and O–H groups in total. The van der Waals surface area contributed by atoms with E-state index in [0.29, 0.717) is 16.4 Å². The molecule has 0 saturated carbocycles. The van der Waals surface area contributed by atoms with Crippen LogP contribution in [-0.2, 0) is 11.8 Å². The maximum atomic E-state index is 12.8. The molecule has 8 heteroatoms. The number of nitrogens with zero attached hydrogens (tertiary/aromatic N) is 2. The summed E-state index contributed by atoms with van der Waals surface area (Å²) in [6.45, 7) is 1.45. The van der Waals surface area contributed by atoms with Crippen LogP contribution in [0.3, 0.4) is 0 Å². The van der Waals surface area contributed by atoms with E-state index in [1.54, 1.807) is 55.1 Å². The van der Waals surface area contributed by atoms with Crippen LogP contribution in [0, 0.1) is 6.92 Å². The Morgan fingerprint density at radius 1 is 1.04 bits per heavy atom. The Kier molecular flexibility index (Phi) is 5.65. The molecule has 0 aliphatic carbocycles. The first-order chi connectivity index (χ1) is 13.4. The fourth-order valence-corrected chi connectivity index (χ4v) is 3.02. The molecule has 3 aromatic rings. The number of nitrogens with one attached hydrogen (secondary N) is 2. The van der Waals surface area contributed by atoms with E-state index >= 15 is 0 Å². The monoisotopic (exact) mass is 398 g/mol. The van der Waals surface area contributed by atoms with Crippen LogP contribution in [0.4, 0.5) is 5.69 Å². The molecule has 1 aromatic heterocycles. The molecule has 0 atom stereocenters. The number of para-hydroxylation sites is 1. The largest absolute Gasteiger partial charge is 0.343 e. The van der Waals surface area contributed by atoms with Crippen molar-refractivity contribution in [2.45, 2.75) is 6.92 Å². The normalized spacial score (nSPS) is 10.5. The molecule has 0 saturated heterocycles. The van der Waals surface area contributed by atoms with Crippen molar-refractivity contribution in [2.24, 2.45) is 7.05 Å². The molecule has 1 heterocycles. The standard InChI is InChI=1S/C20H19ClN4O3/c1-13-18(20(28)25(24(13)2)14-8-4-3-5-9-14)23-17(26)12-22-19(27)15-10-6-7-11-16(15)21/h3-11H,12H2,1-2H3,(H,22,27)(H,23,26). The van der Waals surface area contributed by atoms with Crippen LogP contribution in [0.15, 0.2) is 59.4 Å². The molecular weight excluding hydrogens is 380 g/mol. The smallest absolute Gasteiger partial charge is 0.295 e. The van der Waals surface area contributed by atoms with Gasteiger partial charge in [0, 0.05) is 7.05 Å². The highest BCUT2D eigenvalue weighted by molar-refractivity contribution is 6.33. The van der Waals surface area contributed by atoms with Gasteiger partial charge in [0.1, 0.15) is 5.69 Å². The molecule has 0 aliphatic rings. The van der Waals surface area contributed by atoms with E-state index in [2.05, 4.69) is 10.6 Å². The van der Waals surface area contributed by atoms with E-state index in [-0.39, 0.29) is 23.4 Å². The highest BCUT2D eigenvalue weighted by Gasteiger charge is 2.18. The lowest BCUT2D eigenvalue weighted by Gasteiger charge is -2.07. The Bertz CT molecular complexity index is 1090. The zero-order chi connectivity index (χ0) is 20.3. The molecule has 0 fully saturated rings. The van der Waals surface area contributed by atoms with Crippen molar-refractivity contribution < 1.29 is 9.59 Å². The van der Waals surface area contributed by atoms with Crippen LogP contribution >= 0.6 is 11.6 Å². The van der Waals surface area contributed by atoms with E-state index < -0.39 is 11.8 Å². The van der Waals surface area contributed by atoms with Crippen LogP contribution in [0.2, 0.25) is 5.02 Å². The van der Waals surface area contributed by atoms with Gasteiger partial charge in [0.2, 0.25) is 5.91 Å². The minimum absolute atomic E-state index is 0.170. The quantitative estimate of drug-likeness (QED) is 0.692. The van der Waals surface area contributed by atoms with Crippen molar-refractivity contribution in [1.29, 1.82) is 0 Å². The minimum Gasteiger partial charge on any atom is -0.343 e. The number of rotatable bonds is 5. The zero-order valence-electron chi connectivity index (χ0n) is 15.4. The third-order valence-corrected chi connectivity index (χ3v) is 4.68. The highest BCUT2D eigenvalue weighted by Crippen LogP contribution is 2.15. The molecule has 7 nitrogen and oxygen atoms in total. The summed E-state index contributed by atoms with van der Waals surface area (Å²) in [5.74, 6) is -0.973. The zero-order valence-corrected chi connectivity index (χ0v) is 16.2. The molecule has 0 spiro atoms. The maximum absolute atomic E-state index is 12.8. The fraction of sp³-hybridized carbons (Fsp3) is 0.150. The Morgan fingerprint density at radius 3 is 2.36 bits per heavy atom. The molecule has 2 aromatic carbocycles. The summed E-state index contributed by atoms with van der Waals surface area (Å²) in [5, 5.41) is 5.39. The van der Waals surface area contributed by atoms with Crippen LogP contribution in [0.5, 0.6) is 0 Å². The first kappa shape index (κ1) is 19.4. The lowest BCUT2D eigenvalue weighted by molar-refractivity contribution is -0.115.